The summed E-state index contributed by atoms with van der Waals surface area (Å²) in [4.78, 5) is 3.00. The van der Waals surface area contributed by atoms with E-state index in [2.05, 4.69) is 104 Å². The van der Waals surface area contributed by atoms with Crippen molar-refractivity contribution >= 4 is 21.0 Å². The molecule has 1 aliphatic heterocycles. The summed E-state index contributed by atoms with van der Waals surface area (Å²) in [5.74, 6) is -0.855. The van der Waals surface area contributed by atoms with Crippen molar-refractivity contribution in [2.75, 3.05) is 13.2 Å². The average Bonchev–Trinajstić information content (AvgIpc) is 2.93. The first-order valence-electron chi connectivity index (χ1n) is 14.9. The Kier molecular flexibility index (Phi) is 9.64. The summed E-state index contributed by atoms with van der Waals surface area (Å²) < 4.78 is 77.7. The van der Waals surface area contributed by atoms with E-state index in [1.807, 2.05) is 0 Å². The molecule has 45 heavy (non-hydrogen) atoms. The van der Waals surface area contributed by atoms with Gasteiger partial charge in [-0.1, -0.05) is 67.5 Å². The molecule has 246 valence electrons. The third-order valence-electron chi connectivity index (χ3n) is 7.94. The Bertz CT molecular complexity index is 1560. The second-order valence-corrected chi connectivity index (χ2v) is 18.0. The van der Waals surface area contributed by atoms with Crippen LogP contribution in [-0.2, 0) is 41.7 Å². The van der Waals surface area contributed by atoms with Gasteiger partial charge in [0.05, 0.1) is 24.1 Å². The lowest BCUT2D eigenvalue weighted by atomic mass is 9.79. The molecule has 2 atom stereocenters. The van der Waals surface area contributed by atoms with Crippen LogP contribution in [0.1, 0.15) is 73.4 Å². The van der Waals surface area contributed by atoms with E-state index in [-0.39, 0.29) is 22.0 Å². The number of alkyl halides is 2. The number of hydrogen-bond donors (Lipinski definition) is 1. The fraction of sp³-hybridized carbons (Fsp3) is 0.486. The third kappa shape index (κ3) is 7.41. The molecule has 1 aliphatic rings. The molecule has 0 radical (unpaired) electrons. The summed E-state index contributed by atoms with van der Waals surface area (Å²) in [6, 6.07) is 23.4. The molecular formula is C35H45F2O6S2+. The molecule has 3 aromatic rings. The highest BCUT2D eigenvalue weighted by Gasteiger charge is 2.52. The molecule has 6 nitrogen and oxygen atoms in total. The molecule has 0 bridgehead atoms. The molecule has 2 unspecified atom stereocenters. The zero-order valence-corrected chi connectivity index (χ0v) is 29.1. The quantitative estimate of drug-likeness (QED) is 0.192. The average molecular weight is 664 g/mol. The lowest BCUT2D eigenvalue weighted by molar-refractivity contribution is -0.350. The van der Waals surface area contributed by atoms with E-state index in [1.165, 1.54) is 17.7 Å². The monoisotopic (exact) mass is 663 g/mol. The van der Waals surface area contributed by atoms with E-state index < -0.39 is 38.2 Å². The minimum atomic E-state index is -5.64. The molecule has 3 aromatic carbocycles. The van der Waals surface area contributed by atoms with Crippen LogP contribution in [0.3, 0.4) is 0 Å². The zero-order chi connectivity index (χ0) is 33.6. The Morgan fingerprint density at radius 3 is 1.62 bits per heavy atom. The normalized spacial score (nSPS) is 18.7. The largest absolute Gasteiger partial charge is 0.483 e. The lowest BCUT2D eigenvalue weighted by Crippen LogP contribution is -2.52. The van der Waals surface area contributed by atoms with Gasteiger partial charge in [-0.05, 0) is 78.6 Å². The van der Waals surface area contributed by atoms with E-state index >= 15 is 0 Å². The maximum Gasteiger partial charge on any atom is 0.405 e. The van der Waals surface area contributed by atoms with Crippen molar-refractivity contribution < 1.29 is 36.0 Å². The highest BCUT2D eigenvalue weighted by Crippen LogP contribution is 2.48. The Hall–Kier alpha value is -2.50. The predicted octanol–water partition coefficient (Wildman–Crippen LogP) is 8.60. The van der Waals surface area contributed by atoms with Crippen molar-refractivity contribution in [1.82, 2.24) is 0 Å². The van der Waals surface area contributed by atoms with E-state index in [4.69, 9.17) is 18.8 Å². The molecule has 1 saturated heterocycles. The smallest absolute Gasteiger partial charge is 0.405 e. The topological polar surface area (TPSA) is 82.1 Å². The van der Waals surface area contributed by atoms with Crippen molar-refractivity contribution in [3.63, 3.8) is 0 Å². The van der Waals surface area contributed by atoms with Crippen LogP contribution in [0.2, 0.25) is 0 Å². The number of benzene rings is 3. The van der Waals surface area contributed by atoms with Crippen molar-refractivity contribution in [3.05, 3.63) is 83.9 Å². The molecular weight excluding hydrogens is 619 g/mol. The Morgan fingerprint density at radius 2 is 1.22 bits per heavy atom. The summed E-state index contributed by atoms with van der Waals surface area (Å²) in [6.07, 6.45) is -2.10. The first-order chi connectivity index (χ1) is 20.6. The summed E-state index contributed by atoms with van der Waals surface area (Å²) >= 11 is 0. The lowest BCUT2D eigenvalue weighted by Gasteiger charge is -2.50. The fourth-order valence-electron chi connectivity index (χ4n) is 5.16. The van der Waals surface area contributed by atoms with Gasteiger partial charge in [-0.2, -0.15) is 17.2 Å². The van der Waals surface area contributed by atoms with Gasteiger partial charge in [0.15, 0.2) is 26.6 Å². The molecule has 4 rings (SSSR count). The first-order valence-corrected chi connectivity index (χ1v) is 17.6. The van der Waals surface area contributed by atoms with E-state index in [9.17, 15) is 17.2 Å². The molecule has 0 amide bonds. The van der Waals surface area contributed by atoms with Crippen molar-refractivity contribution in [3.8, 4) is 5.75 Å². The third-order valence-corrected chi connectivity index (χ3v) is 11.2. The van der Waals surface area contributed by atoms with Gasteiger partial charge < -0.3 is 14.2 Å². The molecule has 1 fully saturated rings. The molecule has 0 aromatic heterocycles. The van der Waals surface area contributed by atoms with Crippen LogP contribution in [-0.4, -0.2) is 37.5 Å². The maximum atomic E-state index is 14.1. The van der Waals surface area contributed by atoms with Crippen LogP contribution in [0.15, 0.2) is 87.5 Å². The van der Waals surface area contributed by atoms with Crippen LogP contribution in [0.5, 0.6) is 5.75 Å². The number of hydrogen-bond acceptors (Lipinski definition) is 5. The van der Waals surface area contributed by atoms with Crippen molar-refractivity contribution in [2.45, 2.75) is 99.6 Å². The summed E-state index contributed by atoms with van der Waals surface area (Å²) in [5.41, 5.74) is 1.68. The molecule has 0 spiro atoms. The van der Waals surface area contributed by atoms with Gasteiger partial charge >= 0.3 is 15.4 Å². The Balaban J connectivity index is 1.72. The van der Waals surface area contributed by atoms with Gasteiger partial charge in [-0.3, -0.25) is 4.55 Å². The van der Waals surface area contributed by atoms with E-state index in [0.717, 1.165) is 27.2 Å². The molecule has 0 saturated carbocycles. The highest BCUT2D eigenvalue weighted by atomic mass is 32.2. The number of ether oxygens (including phenoxy) is 3. The minimum absolute atomic E-state index is 0.0194. The van der Waals surface area contributed by atoms with Crippen molar-refractivity contribution in [1.29, 1.82) is 0 Å². The van der Waals surface area contributed by atoms with Crippen LogP contribution in [0.4, 0.5) is 8.78 Å². The number of halogens is 2. The van der Waals surface area contributed by atoms with Crippen LogP contribution >= 0.6 is 0 Å². The molecule has 1 N–H and O–H groups in total. The Labute approximate surface area is 269 Å². The summed E-state index contributed by atoms with van der Waals surface area (Å²) in [6.45, 7) is 19.1. The fourth-order valence-corrected chi connectivity index (χ4v) is 7.67. The van der Waals surface area contributed by atoms with E-state index in [0.29, 0.717) is 13.2 Å². The summed E-state index contributed by atoms with van der Waals surface area (Å²) in [5, 5.41) is -4.46. The van der Waals surface area contributed by atoms with Gasteiger partial charge in [0.25, 0.3) is 0 Å². The van der Waals surface area contributed by atoms with Gasteiger partial charge in [0.1, 0.15) is 5.75 Å². The molecule has 1 heterocycles. The zero-order valence-electron chi connectivity index (χ0n) is 27.5. The maximum absolute atomic E-state index is 14.1. The van der Waals surface area contributed by atoms with Gasteiger partial charge in [0.2, 0.25) is 0 Å². The SMILES string of the molecule is CC(Oc1ccc([S+](c2ccc(C(C)(C)C)cc2)c2ccc(C3(C(C)(C)C)OCC(C)(C)CO3)cc2)cc1)C(F)(F)S(=O)(=O)O. The van der Waals surface area contributed by atoms with Crippen LogP contribution < -0.4 is 4.74 Å². The summed E-state index contributed by atoms with van der Waals surface area (Å²) in [7, 11) is -6.22. The van der Waals surface area contributed by atoms with E-state index in [1.54, 1.807) is 12.1 Å². The standard InChI is InChI=1S/C35H44F2O6S2/c1-24(35(36,37)45(38,39)40)43-27-14-20-30(21-15-27)44(28-16-10-25(11-17-28)31(2,3)4)29-18-12-26(13-19-29)34(32(5,6)7)41-22-33(8,9)23-42-34/h10-21,24H,22-23H2,1-9H3/p+1. The van der Waals surface area contributed by atoms with Crippen molar-refractivity contribution in [2.24, 2.45) is 10.8 Å². The first kappa shape index (κ1) is 35.4. The van der Waals surface area contributed by atoms with Gasteiger partial charge in [-0.25, -0.2) is 0 Å². The van der Waals surface area contributed by atoms with Gasteiger partial charge in [-0.15, -0.1) is 0 Å². The van der Waals surface area contributed by atoms with Gasteiger partial charge in [0, 0.05) is 16.4 Å². The number of rotatable bonds is 8. The minimum Gasteiger partial charge on any atom is -0.483 e. The van der Waals surface area contributed by atoms with Crippen LogP contribution in [0.25, 0.3) is 0 Å². The second-order valence-electron chi connectivity index (χ2n) is 14.5. The predicted molar refractivity (Wildman–Crippen MR) is 174 cm³/mol. The molecule has 0 aliphatic carbocycles. The highest BCUT2D eigenvalue weighted by molar-refractivity contribution is 7.97. The Morgan fingerprint density at radius 1 is 0.800 bits per heavy atom. The van der Waals surface area contributed by atoms with Crippen LogP contribution in [0, 0.1) is 10.8 Å². The second kappa shape index (κ2) is 12.3. The molecule has 10 heteroatoms.